The summed E-state index contributed by atoms with van der Waals surface area (Å²) in [4.78, 5) is 11.2. The molecule has 0 aromatic heterocycles. The molecule has 1 aliphatic rings. The highest BCUT2D eigenvalue weighted by Crippen LogP contribution is 2.48. The Labute approximate surface area is 135 Å². The molecule has 0 spiro atoms. The van der Waals surface area contributed by atoms with E-state index >= 15 is 0 Å². The summed E-state index contributed by atoms with van der Waals surface area (Å²) >= 11 is 0. The van der Waals surface area contributed by atoms with Crippen LogP contribution in [0.1, 0.15) is 23.7 Å². The highest BCUT2D eigenvalue weighted by atomic mass is 16.5. The third kappa shape index (κ3) is 2.80. The zero-order chi connectivity index (χ0) is 16.4. The Kier molecular flexibility index (Phi) is 4.06. The lowest BCUT2D eigenvalue weighted by molar-refractivity contribution is -0.117. The Hall–Kier alpha value is -2.75. The molecule has 2 aromatic carbocycles. The van der Waals surface area contributed by atoms with Gasteiger partial charge in [-0.15, -0.1) is 6.58 Å². The molecule has 23 heavy (non-hydrogen) atoms. The van der Waals surface area contributed by atoms with Crippen LogP contribution in [0, 0.1) is 0 Å². The van der Waals surface area contributed by atoms with Crippen molar-refractivity contribution in [1.29, 1.82) is 0 Å². The quantitative estimate of drug-likeness (QED) is 0.861. The van der Waals surface area contributed by atoms with Gasteiger partial charge in [-0.25, -0.2) is 0 Å². The van der Waals surface area contributed by atoms with E-state index in [0.717, 1.165) is 33.8 Å². The first-order valence-electron chi connectivity index (χ1n) is 7.50. The van der Waals surface area contributed by atoms with Gasteiger partial charge in [0.15, 0.2) is 0 Å². The van der Waals surface area contributed by atoms with Gasteiger partial charge in [0.2, 0.25) is 5.91 Å². The van der Waals surface area contributed by atoms with Crippen LogP contribution in [0.3, 0.4) is 0 Å². The van der Waals surface area contributed by atoms with Crippen LogP contribution in [0.4, 0.5) is 0 Å². The van der Waals surface area contributed by atoms with Crippen molar-refractivity contribution in [3.05, 3.63) is 60.2 Å². The Bertz CT molecular complexity index is 767. The van der Waals surface area contributed by atoms with E-state index in [-0.39, 0.29) is 18.4 Å². The fourth-order valence-electron chi connectivity index (χ4n) is 3.01. The van der Waals surface area contributed by atoms with Gasteiger partial charge in [-0.2, -0.15) is 0 Å². The predicted octanol–water partition coefficient (Wildman–Crippen LogP) is 3.40. The molecule has 1 unspecified atom stereocenters. The van der Waals surface area contributed by atoms with Gasteiger partial charge in [-0.05, 0) is 23.3 Å². The number of benzene rings is 2. The molecular formula is C19H19NO3. The van der Waals surface area contributed by atoms with E-state index in [2.05, 4.69) is 6.58 Å². The van der Waals surface area contributed by atoms with Crippen molar-refractivity contribution in [2.45, 2.75) is 18.9 Å². The van der Waals surface area contributed by atoms with Gasteiger partial charge in [0, 0.05) is 12.0 Å². The molecule has 0 fully saturated rings. The van der Waals surface area contributed by atoms with E-state index in [1.54, 1.807) is 7.11 Å². The molecule has 1 amide bonds. The Morgan fingerprint density at radius 2 is 2.22 bits per heavy atom. The minimum Gasteiger partial charge on any atom is -0.496 e. The highest BCUT2D eigenvalue weighted by Gasteiger charge is 2.28. The molecule has 0 aliphatic carbocycles. The number of rotatable bonds is 5. The minimum absolute atomic E-state index is 0.130. The van der Waals surface area contributed by atoms with Crippen LogP contribution >= 0.6 is 0 Å². The smallest absolute Gasteiger partial charge is 0.221 e. The first-order chi connectivity index (χ1) is 11.1. The van der Waals surface area contributed by atoms with E-state index in [1.807, 2.05) is 42.5 Å². The van der Waals surface area contributed by atoms with E-state index in [9.17, 15) is 4.79 Å². The topological polar surface area (TPSA) is 61.6 Å². The van der Waals surface area contributed by atoms with Crippen LogP contribution < -0.4 is 15.2 Å². The van der Waals surface area contributed by atoms with E-state index in [1.165, 1.54) is 0 Å². The summed E-state index contributed by atoms with van der Waals surface area (Å²) in [7, 11) is 1.65. The molecule has 0 radical (unpaired) electrons. The molecule has 4 heteroatoms. The van der Waals surface area contributed by atoms with Crippen molar-refractivity contribution in [3.63, 3.8) is 0 Å². The summed E-state index contributed by atoms with van der Waals surface area (Å²) in [6.45, 7) is 3.81. The SMILES string of the molecule is C=CCC1Oc2cccc(OC)c2-c2ccc(CC(N)=O)cc21. The second kappa shape index (κ2) is 6.16. The van der Waals surface area contributed by atoms with Gasteiger partial charge in [0.05, 0.1) is 19.1 Å². The van der Waals surface area contributed by atoms with Crippen molar-refractivity contribution in [2.75, 3.05) is 7.11 Å². The second-order valence-corrected chi connectivity index (χ2v) is 5.53. The lowest BCUT2D eigenvalue weighted by Crippen LogP contribution is -2.17. The summed E-state index contributed by atoms with van der Waals surface area (Å²) in [6, 6.07) is 11.7. The number of ether oxygens (including phenoxy) is 2. The monoisotopic (exact) mass is 309 g/mol. The van der Waals surface area contributed by atoms with Gasteiger partial charge < -0.3 is 15.2 Å². The van der Waals surface area contributed by atoms with Crippen LogP contribution in [0.5, 0.6) is 11.5 Å². The van der Waals surface area contributed by atoms with Crippen LogP contribution in [0.25, 0.3) is 11.1 Å². The zero-order valence-corrected chi connectivity index (χ0v) is 13.0. The lowest BCUT2D eigenvalue weighted by Gasteiger charge is -2.29. The molecular weight excluding hydrogens is 290 g/mol. The van der Waals surface area contributed by atoms with Crippen molar-refractivity contribution in [3.8, 4) is 22.6 Å². The van der Waals surface area contributed by atoms with E-state index in [0.29, 0.717) is 6.42 Å². The number of amides is 1. The molecule has 0 saturated carbocycles. The van der Waals surface area contributed by atoms with E-state index in [4.69, 9.17) is 15.2 Å². The Morgan fingerprint density at radius 3 is 2.91 bits per heavy atom. The van der Waals surface area contributed by atoms with Gasteiger partial charge in [-0.3, -0.25) is 4.79 Å². The van der Waals surface area contributed by atoms with E-state index < -0.39 is 0 Å². The van der Waals surface area contributed by atoms with Gasteiger partial charge in [0.25, 0.3) is 0 Å². The summed E-state index contributed by atoms with van der Waals surface area (Å²) < 4.78 is 11.6. The molecule has 2 aromatic rings. The van der Waals surface area contributed by atoms with Gasteiger partial charge in [-0.1, -0.05) is 30.3 Å². The number of nitrogens with two attached hydrogens (primary N) is 1. The number of hydrogen-bond donors (Lipinski definition) is 1. The van der Waals surface area contributed by atoms with Gasteiger partial charge >= 0.3 is 0 Å². The summed E-state index contributed by atoms with van der Waals surface area (Å²) in [6.07, 6.45) is 2.60. The first-order valence-corrected chi connectivity index (χ1v) is 7.50. The Morgan fingerprint density at radius 1 is 1.39 bits per heavy atom. The molecule has 1 atom stereocenters. The highest BCUT2D eigenvalue weighted by molar-refractivity contribution is 5.82. The fraction of sp³-hybridized carbons (Fsp3) is 0.211. The molecule has 2 N–H and O–H groups in total. The standard InChI is InChI=1S/C19H19NO3/c1-3-5-15-14-10-12(11-18(20)21)8-9-13(14)19-16(22-2)6-4-7-17(19)23-15/h3-4,6-10,15H,1,5,11H2,2H3,(H2,20,21). The average Bonchev–Trinajstić information content (AvgIpc) is 2.54. The van der Waals surface area contributed by atoms with Crippen molar-refractivity contribution < 1.29 is 14.3 Å². The first kappa shape index (κ1) is 15.2. The van der Waals surface area contributed by atoms with Crippen molar-refractivity contribution in [1.82, 2.24) is 0 Å². The third-order valence-corrected chi connectivity index (χ3v) is 3.97. The molecule has 1 heterocycles. The van der Waals surface area contributed by atoms with Gasteiger partial charge in [0.1, 0.15) is 17.6 Å². The third-order valence-electron chi connectivity index (χ3n) is 3.97. The Balaban J connectivity index is 2.17. The minimum atomic E-state index is -0.347. The lowest BCUT2D eigenvalue weighted by atomic mass is 9.89. The maximum absolute atomic E-state index is 11.2. The van der Waals surface area contributed by atoms with Crippen LogP contribution in [-0.2, 0) is 11.2 Å². The summed E-state index contributed by atoms with van der Waals surface area (Å²) in [5.41, 5.74) is 9.22. The number of carbonyl (C=O) groups is 1. The maximum atomic E-state index is 11.2. The second-order valence-electron chi connectivity index (χ2n) is 5.53. The molecule has 0 bridgehead atoms. The average molecular weight is 309 g/mol. The van der Waals surface area contributed by atoms with Crippen LogP contribution in [0.15, 0.2) is 49.1 Å². The molecule has 4 nitrogen and oxygen atoms in total. The molecule has 118 valence electrons. The summed E-state index contributed by atoms with van der Waals surface area (Å²) in [5.74, 6) is 1.22. The fourth-order valence-corrected chi connectivity index (χ4v) is 3.01. The van der Waals surface area contributed by atoms with Crippen LogP contribution in [-0.4, -0.2) is 13.0 Å². The number of fused-ring (bicyclic) bond motifs is 3. The zero-order valence-electron chi connectivity index (χ0n) is 13.0. The molecule has 3 rings (SSSR count). The van der Waals surface area contributed by atoms with Crippen molar-refractivity contribution >= 4 is 5.91 Å². The normalized spacial score (nSPS) is 15.1. The van der Waals surface area contributed by atoms with Crippen molar-refractivity contribution in [2.24, 2.45) is 5.73 Å². The molecule has 1 aliphatic heterocycles. The largest absolute Gasteiger partial charge is 0.496 e. The number of methoxy groups -OCH3 is 1. The maximum Gasteiger partial charge on any atom is 0.221 e. The number of hydrogen-bond acceptors (Lipinski definition) is 3. The number of carbonyl (C=O) groups excluding carboxylic acids is 1. The summed E-state index contributed by atoms with van der Waals surface area (Å²) in [5, 5.41) is 0. The molecule has 0 saturated heterocycles. The number of primary amides is 1. The predicted molar refractivity (Wildman–Crippen MR) is 89.5 cm³/mol. The van der Waals surface area contributed by atoms with Crippen LogP contribution in [0.2, 0.25) is 0 Å².